The zero-order valence-electron chi connectivity index (χ0n) is 18.5. The molecule has 0 radical (unpaired) electrons. The lowest BCUT2D eigenvalue weighted by Gasteiger charge is -2.32. The van der Waals surface area contributed by atoms with Gasteiger partial charge in [-0.3, -0.25) is 9.59 Å². The number of anilines is 1. The maximum absolute atomic E-state index is 14.6. The molecule has 2 heterocycles. The number of aliphatic hydroxyl groups is 1. The smallest absolute Gasteiger partial charge is 0.417 e. The molecule has 2 N–H and O–H groups in total. The Morgan fingerprint density at radius 2 is 1.97 bits per heavy atom. The average Bonchev–Trinajstić information content (AvgIpc) is 3.04. The fraction of sp³-hybridized carbons (Fsp3) is 0.455. The fourth-order valence-electron chi connectivity index (χ4n) is 3.97. The topological polar surface area (TPSA) is 89.8 Å². The Bertz CT molecular complexity index is 1140. The number of nitrogens with zero attached hydrogens (tertiary/aromatic N) is 1. The Kier molecular flexibility index (Phi) is 7.04. The summed E-state index contributed by atoms with van der Waals surface area (Å²) in [7, 11) is 1.47. The van der Waals surface area contributed by atoms with Gasteiger partial charge in [-0.1, -0.05) is 13.0 Å². The zero-order chi connectivity index (χ0) is 25.4. The van der Waals surface area contributed by atoms with Crippen LogP contribution in [0.15, 0.2) is 35.3 Å². The number of carbonyl (C=O) groups is 1. The molecule has 4 atom stereocenters. The third-order valence-electron chi connectivity index (χ3n) is 6.08. The Hall–Kier alpha value is -2.99. The first-order chi connectivity index (χ1) is 15.8. The maximum atomic E-state index is 14.6. The molecule has 186 valence electrons. The summed E-state index contributed by atoms with van der Waals surface area (Å²) in [5.74, 6) is -7.37. The Morgan fingerprint density at radius 3 is 2.56 bits per heavy atom. The van der Waals surface area contributed by atoms with Gasteiger partial charge in [0.1, 0.15) is 12.7 Å². The average molecular weight is 490 g/mol. The Balaban J connectivity index is 2.10. The highest BCUT2D eigenvalue weighted by Gasteiger charge is 2.65. The molecule has 0 bridgehead atoms. The molecule has 1 amide bonds. The normalized spacial score (nSPS) is 24.8. The molecule has 0 spiro atoms. The molecule has 0 unspecified atom stereocenters. The van der Waals surface area contributed by atoms with E-state index in [1.807, 2.05) is 0 Å². The number of halogens is 5. The van der Waals surface area contributed by atoms with Gasteiger partial charge in [-0.05, 0) is 19.1 Å². The number of nitrogens with one attached hydrogen (secondary N) is 1. The van der Waals surface area contributed by atoms with E-state index < -0.39 is 71.8 Å². The van der Waals surface area contributed by atoms with Crippen molar-refractivity contribution in [2.75, 3.05) is 18.5 Å². The van der Waals surface area contributed by atoms with Crippen molar-refractivity contribution in [3.63, 3.8) is 0 Å². The monoisotopic (exact) mass is 490 g/mol. The third kappa shape index (κ3) is 4.51. The van der Waals surface area contributed by atoms with E-state index in [0.29, 0.717) is 6.07 Å². The van der Waals surface area contributed by atoms with Gasteiger partial charge in [0.2, 0.25) is 5.82 Å². The minimum Gasteiger partial charge on any atom is -0.488 e. The van der Waals surface area contributed by atoms with E-state index >= 15 is 0 Å². The molecule has 34 heavy (non-hydrogen) atoms. The summed E-state index contributed by atoms with van der Waals surface area (Å²) in [6.07, 6.45) is -5.36. The van der Waals surface area contributed by atoms with E-state index in [4.69, 9.17) is 14.6 Å². The van der Waals surface area contributed by atoms with Gasteiger partial charge in [0.15, 0.2) is 17.2 Å². The van der Waals surface area contributed by atoms with Crippen LogP contribution in [0, 0.1) is 17.6 Å². The molecule has 7 nitrogen and oxygen atoms in total. The first-order valence-electron chi connectivity index (χ1n) is 10.3. The maximum Gasteiger partial charge on any atom is 0.417 e. The minimum absolute atomic E-state index is 0.0192. The predicted molar refractivity (Wildman–Crippen MR) is 110 cm³/mol. The van der Waals surface area contributed by atoms with Crippen molar-refractivity contribution in [1.82, 2.24) is 4.57 Å². The number of amides is 1. The van der Waals surface area contributed by atoms with Crippen LogP contribution in [0.25, 0.3) is 0 Å². The summed E-state index contributed by atoms with van der Waals surface area (Å²) in [6.45, 7) is 0.917. The van der Waals surface area contributed by atoms with Gasteiger partial charge in [0, 0.05) is 42.4 Å². The second-order valence-corrected chi connectivity index (χ2v) is 8.16. The van der Waals surface area contributed by atoms with Crippen molar-refractivity contribution in [2.24, 2.45) is 13.0 Å². The molecule has 1 fully saturated rings. The van der Waals surface area contributed by atoms with E-state index in [2.05, 4.69) is 5.32 Å². The van der Waals surface area contributed by atoms with E-state index in [-0.39, 0.29) is 11.3 Å². The van der Waals surface area contributed by atoms with E-state index in [0.717, 1.165) is 19.1 Å². The van der Waals surface area contributed by atoms with Crippen molar-refractivity contribution in [1.29, 1.82) is 0 Å². The minimum atomic E-state index is -4.91. The number of aliphatic hydroxyl groups excluding tert-OH is 1. The number of pyridine rings is 1. The molecular weight excluding hydrogens is 467 g/mol. The fourth-order valence-corrected chi connectivity index (χ4v) is 3.97. The molecule has 1 aliphatic heterocycles. The lowest BCUT2D eigenvalue weighted by atomic mass is 9.77. The number of benzene rings is 1. The van der Waals surface area contributed by atoms with Crippen LogP contribution in [0.3, 0.4) is 0 Å². The summed E-state index contributed by atoms with van der Waals surface area (Å²) < 4.78 is 82.0. The number of rotatable bonds is 6. The van der Waals surface area contributed by atoms with Crippen molar-refractivity contribution < 1.29 is 41.3 Å². The Labute approximate surface area is 191 Å². The van der Waals surface area contributed by atoms with Gasteiger partial charge >= 0.3 is 6.18 Å². The molecule has 1 aromatic heterocycles. The summed E-state index contributed by atoms with van der Waals surface area (Å²) in [6, 6.07) is 4.17. The van der Waals surface area contributed by atoms with E-state index in [1.165, 1.54) is 30.8 Å². The molecular formula is C22H23F5N2O5. The third-order valence-corrected chi connectivity index (χ3v) is 6.08. The lowest BCUT2D eigenvalue weighted by molar-refractivity contribution is -0.272. The highest BCUT2D eigenvalue weighted by molar-refractivity contribution is 5.95. The van der Waals surface area contributed by atoms with Gasteiger partial charge in [-0.2, -0.15) is 17.6 Å². The number of hydrogen-bond acceptors (Lipinski definition) is 5. The van der Waals surface area contributed by atoms with Crippen LogP contribution in [-0.2, 0) is 16.6 Å². The lowest BCUT2D eigenvalue weighted by Crippen LogP contribution is -2.47. The zero-order valence-corrected chi connectivity index (χ0v) is 18.5. The number of aromatic nitrogens is 1. The number of carbonyl (C=O) groups excluding carboxylic acids is 1. The van der Waals surface area contributed by atoms with Crippen molar-refractivity contribution in [2.45, 2.75) is 37.6 Å². The van der Waals surface area contributed by atoms with Crippen LogP contribution < -0.4 is 15.6 Å². The van der Waals surface area contributed by atoms with Gasteiger partial charge in [-0.15, -0.1) is 0 Å². The molecule has 0 aliphatic carbocycles. The number of ether oxygens (including phenoxy) is 2. The van der Waals surface area contributed by atoms with E-state index in [1.54, 1.807) is 0 Å². The summed E-state index contributed by atoms with van der Waals surface area (Å²) in [5.41, 5.74) is -3.50. The number of hydrogen-bond donors (Lipinski definition) is 2. The highest BCUT2D eigenvalue weighted by Crippen LogP contribution is 2.55. The largest absolute Gasteiger partial charge is 0.488 e. The van der Waals surface area contributed by atoms with Crippen molar-refractivity contribution >= 4 is 11.6 Å². The number of aryl methyl sites for hydroxylation is 1. The number of alkyl halides is 3. The molecule has 2 aromatic rings. The van der Waals surface area contributed by atoms with Gasteiger partial charge in [-0.25, -0.2) is 4.39 Å². The summed E-state index contributed by atoms with van der Waals surface area (Å²) in [5, 5.41) is 11.4. The summed E-state index contributed by atoms with van der Waals surface area (Å²) >= 11 is 0. The predicted octanol–water partition coefficient (Wildman–Crippen LogP) is 3.11. The highest BCUT2D eigenvalue weighted by atomic mass is 19.4. The van der Waals surface area contributed by atoms with Crippen LogP contribution >= 0.6 is 0 Å². The second-order valence-electron chi connectivity index (χ2n) is 8.16. The molecule has 3 rings (SSSR count). The van der Waals surface area contributed by atoms with Crippen LogP contribution in [0.1, 0.15) is 25.3 Å². The molecule has 12 heteroatoms. The SMILES string of the molecule is C[C@H]1[C@@H](c2ccc(F)c(F)c2OCCO)[C@H](C(=O)Nc2ccn(C)c(=O)c2)O[C@@]1(C)C(F)(F)F. The van der Waals surface area contributed by atoms with E-state index in [9.17, 15) is 31.5 Å². The van der Waals surface area contributed by atoms with Gasteiger partial charge < -0.3 is 24.5 Å². The van der Waals surface area contributed by atoms with Crippen molar-refractivity contribution in [3.05, 3.63) is 58.0 Å². The standard InChI is InChI=1S/C22H23F5N2O5/c1-11-16(13-4-5-14(23)17(24)18(13)33-9-8-30)19(34-21(11,2)22(25,26)27)20(32)28-12-6-7-29(3)15(31)10-12/h4-7,10-11,16,19,30H,8-9H2,1-3H3,(H,28,32)/t11-,16-,19+,21+/m0/s1. The van der Waals surface area contributed by atoms with Crippen LogP contribution in [0.2, 0.25) is 0 Å². The first kappa shape index (κ1) is 25.6. The Morgan fingerprint density at radius 1 is 1.29 bits per heavy atom. The van der Waals surface area contributed by atoms with Crippen LogP contribution in [0.4, 0.5) is 27.6 Å². The van der Waals surface area contributed by atoms with Crippen LogP contribution in [-0.4, -0.2) is 46.7 Å². The second kappa shape index (κ2) is 9.34. The molecule has 1 aliphatic rings. The van der Waals surface area contributed by atoms with Gasteiger partial charge in [0.05, 0.1) is 6.61 Å². The van der Waals surface area contributed by atoms with Gasteiger partial charge in [0.25, 0.3) is 11.5 Å². The molecule has 1 saturated heterocycles. The first-order valence-corrected chi connectivity index (χ1v) is 10.3. The summed E-state index contributed by atoms with van der Waals surface area (Å²) in [4.78, 5) is 24.9. The molecule has 1 aromatic carbocycles. The molecule has 0 saturated carbocycles. The quantitative estimate of drug-likeness (QED) is 0.608. The van der Waals surface area contributed by atoms with Crippen molar-refractivity contribution in [3.8, 4) is 5.75 Å². The van der Waals surface area contributed by atoms with Crippen LogP contribution in [0.5, 0.6) is 5.75 Å².